The Bertz CT molecular complexity index is 306. The van der Waals surface area contributed by atoms with Gasteiger partial charge in [0.25, 0.3) is 0 Å². The molecule has 13 heavy (non-hydrogen) atoms. The molecular formula is C10H13NS2. The molecule has 0 bridgehead atoms. The fraction of sp³-hybridized carbons (Fsp3) is 0.400. The van der Waals surface area contributed by atoms with E-state index in [0.717, 1.165) is 17.1 Å². The van der Waals surface area contributed by atoms with Gasteiger partial charge in [0.1, 0.15) is 0 Å². The number of thiophene rings is 1. The molecule has 0 aliphatic carbocycles. The summed E-state index contributed by atoms with van der Waals surface area (Å²) in [6, 6.07) is 2.07. The smallest absolute Gasteiger partial charge is 0.0555 e. The molecule has 70 valence electrons. The van der Waals surface area contributed by atoms with Crippen LogP contribution in [0.4, 0.5) is 0 Å². The first-order valence-electron chi connectivity index (χ1n) is 4.21. The molecule has 0 radical (unpaired) electrons. The van der Waals surface area contributed by atoms with E-state index in [0.29, 0.717) is 6.54 Å². The maximum Gasteiger partial charge on any atom is 0.0555 e. The summed E-state index contributed by atoms with van der Waals surface area (Å²) in [6.07, 6.45) is 0. The SMILES string of the molecule is CCSCc1sccc1C#CCN. The first-order chi connectivity index (χ1) is 6.38. The van der Waals surface area contributed by atoms with Gasteiger partial charge in [-0.15, -0.1) is 11.3 Å². The summed E-state index contributed by atoms with van der Waals surface area (Å²) in [4.78, 5) is 1.37. The zero-order valence-electron chi connectivity index (χ0n) is 7.67. The summed E-state index contributed by atoms with van der Waals surface area (Å²) in [6.45, 7) is 2.61. The highest BCUT2D eigenvalue weighted by Gasteiger charge is 2.00. The topological polar surface area (TPSA) is 26.0 Å². The fourth-order valence-corrected chi connectivity index (χ4v) is 2.59. The van der Waals surface area contributed by atoms with Crippen LogP contribution < -0.4 is 5.73 Å². The molecule has 0 aliphatic heterocycles. The van der Waals surface area contributed by atoms with Crippen molar-refractivity contribution >= 4 is 23.1 Å². The van der Waals surface area contributed by atoms with E-state index in [1.807, 2.05) is 11.8 Å². The molecule has 3 heteroatoms. The minimum atomic E-state index is 0.441. The van der Waals surface area contributed by atoms with Crippen molar-refractivity contribution in [2.75, 3.05) is 12.3 Å². The number of hydrogen-bond acceptors (Lipinski definition) is 3. The Balaban J connectivity index is 2.65. The normalized spacial score (nSPS) is 9.38. The molecule has 0 amide bonds. The third-order valence-corrected chi connectivity index (χ3v) is 3.51. The van der Waals surface area contributed by atoms with Crippen LogP contribution in [0.5, 0.6) is 0 Å². The lowest BCUT2D eigenvalue weighted by molar-refractivity contribution is 1.30. The predicted molar refractivity (Wildman–Crippen MR) is 62.1 cm³/mol. The van der Waals surface area contributed by atoms with Crippen LogP contribution in [0.2, 0.25) is 0 Å². The fourth-order valence-electron chi connectivity index (χ4n) is 0.905. The molecule has 1 aromatic heterocycles. The molecule has 1 nitrogen and oxygen atoms in total. The van der Waals surface area contributed by atoms with Crippen LogP contribution in [0.15, 0.2) is 11.4 Å². The summed E-state index contributed by atoms with van der Waals surface area (Å²) >= 11 is 3.70. The summed E-state index contributed by atoms with van der Waals surface area (Å²) in [5.41, 5.74) is 6.47. The van der Waals surface area contributed by atoms with Crippen LogP contribution >= 0.6 is 23.1 Å². The van der Waals surface area contributed by atoms with Crippen LogP contribution in [0, 0.1) is 11.8 Å². The first kappa shape index (κ1) is 10.6. The van der Waals surface area contributed by atoms with E-state index in [1.165, 1.54) is 4.88 Å². The Labute approximate surface area is 87.7 Å². The van der Waals surface area contributed by atoms with Gasteiger partial charge in [0.15, 0.2) is 0 Å². The molecule has 0 unspecified atom stereocenters. The lowest BCUT2D eigenvalue weighted by Gasteiger charge is -1.95. The Kier molecular flexibility index (Phi) is 4.99. The molecule has 0 saturated heterocycles. The molecule has 1 aromatic rings. The van der Waals surface area contributed by atoms with Crippen molar-refractivity contribution in [2.24, 2.45) is 5.73 Å². The highest BCUT2D eigenvalue weighted by atomic mass is 32.2. The maximum absolute atomic E-state index is 5.32. The first-order valence-corrected chi connectivity index (χ1v) is 6.25. The second-order valence-corrected chi connectivity index (χ2v) is 4.68. The Morgan fingerprint density at radius 3 is 3.15 bits per heavy atom. The van der Waals surface area contributed by atoms with Crippen molar-refractivity contribution in [3.63, 3.8) is 0 Å². The zero-order chi connectivity index (χ0) is 9.52. The molecule has 1 rings (SSSR count). The molecule has 0 spiro atoms. The number of hydrogen-bond donors (Lipinski definition) is 1. The second kappa shape index (κ2) is 6.09. The number of rotatable bonds is 3. The predicted octanol–water partition coefficient (Wildman–Crippen LogP) is 2.31. The van der Waals surface area contributed by atoms with Gasteiger partial charge in [0.05, 0.1) is 6.54 Å². The third kappa shape index (κ3) is 3.43. The van der Waals surface area contributed by atoms with E-state index in [1.54, 1.807) is 11.3 Å². The van der Waals surface area contributed by atoms with E-state index in [-0.39, 0.29) is 0 Å². The summed E-state index contributed by atoms with van der Waals surface area (Å²) in [5, 5.41) is 2.09. The molecule has 0 saturated carbocycles. The van der Waals surface area contributed by atoms with Gasteiger partial charge in [0, 0.05) is 16.2 Å². The quantitative estimate of drug-likeness (QED) is 0.776. The van der Waals surface area contributed by atoms with Gasteiger partial charge in [-0.1, -0.05) is 18.8 Å². The second-order valence-electron chi connectivity index (χ2n) is 2.40. The van der Waals surface area contributed by atoms with Crippen LogP contribution in [-0.2, 0) is 5.75 Å². The van der Waals surface area contributed by atoms with Gasteiger partial charge in [-0.2, -0.15) is 11.8 Å². The minimum Gasteiger partial charge on any atom is -0.320 e. The van der Waals surface area contributed by atoms with Crippen molar-refractivity contribution in [1.82, 2.24) is 0 Å². The lowest BCUT2D eigenvalue weighted by Crippen LogP contribution is -1.93. The molecule has 0 aromatic carbocycles. The van der Waals surface area contributed by atoms with Gasteiger partial charge in [-0.25, -0.2) is 0 Å². The van der Waals surface area contributed by atoms with Gasteiger partial charge in [-0.05, 0) is 17.2 Å². The maximum atomic E-state index is 5.32. The molecule has 1 heterocycles. The lowest BCUT2D eigenvalue weighted by atomic mass is 10.3. The van der Waals surface area contributed by atoms with Crippen LogP contribution in [0.3, 0.4) is 0 Å². The van der Waals surface area contributed by atoms with Crippen LogP contribution in [-0.4, -0.2) is 12.3 Å². The van der Waals surface area contributed by atoms with Crippen molar-refractivity contribution < 1.29 is 0 Å². The van der Waals surface area contributed by atoms with Crippen molar-refractivity contribution in [3.8, 4) is 11.8 Å². The summed E-state index contributed by atoms with van der Waals surface area (Å²) in [7, 11) is 0. The molecule has 2 N–H and O–H groups in total. The van der Waals surface area contributed by atoms with E-state index in [9.17, 15) is 0 Å². The van der Waals surface area contributed by atoms with Crippen LogP contribution in [0.1, 0.15) is 17.4 Å². The van der Waals surface area contributed by atoms with Crippen molar-refractivity contribution in [1.29, 1.82) is 0 Å². The zero-order valence-corrected chi connectivity index (χ0v) is 9.30. The largest absolute Gasteiger partial charge is 0.320 e. The molecular weight excluding hydrogens is 198 g/mol. The Morgan fingerprint density at radius 1 is 1.62 bits per heavy atom. The molecule has 0 aliphatic rings. The minimum absolute atomic E-state index is 0.441. The van der Waals surface area contributed by atoms with E-state index < -0.39 is 0 Å². The monoisotopic (exact) mass is 211 g/mol. The Hall–Kier alpha value is -0.430. The van der Waals surface area contributed by atoms with Gasteiger partial charge in [0.2, 0.25) is 0 Å². The number of nitrogens with two attached hydrogens (primary N) is 1. The van der Waals surface area contributed by atoms with E-state index in [2.05, 4.69) is 30.2 Å². The Morgan fingerprint density at radius 2 is 2.46 bits per heavy atom. The van der Waals surface area contributed by atoms with Crippen molar-refractivity contribution in [2.45, 2.75) is 12.7 Å². The standard InChI is InChI=1S/C10H13NS2/c1-2-12-8-10-9(4-3-6-11)5-7-13-10/h5,7H,2,6,8,11H2,1H3. The average Bonchev–Trinajstić information content (AvgIpc) is 2.59. The van der Waals surface area contributed by atoms with Gasteiger partial charge < -0.3 is 5.73 Å². The van der Waals surface area contributed by atoms with Gasteiger partial charge in [-0.3, -0.25) is 0 Å². The van der Waals surface area contributed by atoms with Crippen molar-refractivity contribution in [3.05, 3.63) is 21.9 Å². The average molecular weight is 211 g/mol. The highest BCUT2D eigenvalue weighted by Crippen LogP contribution is 2.21. The molecule has 0 fully saturated rings. The van der Waals surface area contributed by atoms with E-state index >= 15 is 0 Å². The van der Waals surface area contributed by atoms with Gasteiger partial charge >= 0.3 is 0 Å². The van der Waals surface area contributed by atoms with E-state index in [4.69, 9.17) is 5.73 Å². The highest BCUT2D eigenvalue weighted by molar-refractivity contribution is 7.98. The summed E-state index contributed by atoms with van der Waals surface area (Å²) < 4.78 is 0. The van der Waals surface area contributed by atoms with Crippen LogP contribution in [0.25, 0.3) is 0 Å². The summed E-state index contributed by atoms with van der Waals surface area (Å²) in [5.74, 6) is 8.19. The number of thioether (sulfide) groups is 1. The molecule has 0 atom stereocenters. The third-order valence-electron chi connectivity index (χ3n) is 1.51.